The highest BCUT2D eigenvalue weighted by Crippen LogP contribution is 2.43. The predicted molar refractivity (Wildman–Crippen MR) is 94.6 cm³/mol. The Hall–Kier alpha value is -2.41. The van der Waals surface area contributed by atoms with E-state index in [4.69, 9.17) is 9.47 Å². The first-order valence-corrected chi connectivity index (χ1v) is 9.03. The van der Waals surface area contributed by atoms with E-state index in [-0.39, 0.29) is 30.3 Å². The molecule has 1 saturated carbocycles. The Bertz CT molecular complexity index is 860. The molecule has 6 nitrogen and oxygen atoms in total. The third-order valence-electron chi connectivity index (χ3n) is 4.77. The van der Waals surface area contributed by atoms with Gasteiger partial charge in [0.2, 0.25) is 0 Å². The lowest BCUT2D eigenvalue weighted by atomic mass is 9.94. The molecule has 2 aliphatic carbocycles. The summed E-state index contributed by atoms with van der Waals surface area (Å²) in [5.41, 5.74) is 0.784. The van der Waals surface area contributed by atoms with Crippen molar-refractivity contribution in [3.05, 3.63) is 30.4 Å². The Morgan fingerprint density at radius 2 is 2.20 bits per heavy atom. The van der Waals surface area contributed by atoms with E-state index in [9.17, 15) is 9.59 Å². The summed E-state index contributed by atoms with van der Waals surface area (Å²) in [5.74, 6) is 0.760. The van der Waals surface area contributed by atoms with Crippen molar-refractivity contribution in [2.75, 3.05) is 19.0 Å². The van der Waals surface area contributed by atoms with Crippen LogP contribution in [0.25, 0.3) is 10.2 Å². The smallest absolute Gasteiger partial charge is 0.310 e. The average Bonchev–Trinajstić information content (AvgIpc) is 3.33. The number of hydrogen-bond donors (Lipinski definition) is 1. The molecule has 25 heavy (non-hydrogen) atoms. The first-order chi connectivity index (χ1) is 12.1. The van der Waals surface area contributed by atoms with Crippen LogP contribution >= 0.6 is 11.3 Å². The van der Waals surface area contributed by atoms with Gasteiger partial charge in [0.25, 0.3) is 5.91 Å². The summed E-state index contributed by atoms with van der Waals surface area (Å²) >= 11 is 1.35. The highest BCUT2D eigenvalue weighted by atomic mass is 32.1. The minimum Gasteiger partial charge on any atom is -0.497 e. The molecule has 1 fully saturated rings. The number of nitrogens with zero attached hydrogens (tertiary/aromatic N) is 1. The van der Waals surface area contributed by atoms with Crippen LogP contribution in [0.3, 0.4) is 0 Å². The van der Waals surface area contributed by atoms with Gasteiger partial charge in [-0.2, -0.15) is 0 Å². The first-order valence-electron chi connectivity index (χ1n) is 8.22. The first kappa shape index (κ1) is 16.1. The Morgan fingerprint density at radius 1 is 1.32 bits per heavy atom. The number of rotatable bonds is 5. The maximum Gasteiger partial charge on any atom is 0.310 e. The average molecular weight is 358 g/mol. The van der Waals surface area contributed by atoms with Gasteiger partial charge in [0, 0.05) is 0 Å². The van der Waals surface area contributed by atoms with Crippen molar-refractivity contribution < 1.29 is 19.1 Å². The van der Waals surface area contributed by atoms with E-state index >= 15 is 0 Å². The molecule has 2 bridgehead atoms. The number of thiazole rings is 1. The van der Waals surface area contributed by atoms with Crippen molar-refractivity contribution in [2.45, 2.75) is 12.8 Å². The molecule has 1 aromatic heterocycles. The summed E-state index contributed by atoms with van der Waals surface area (Å²) in [4.78, 5) is 28.5. The molecule has 2 aromatic rings. The van der Waals surface area contributed by atoms with Gasteiger partial charge in [-0.1, -0.05) is 23.5 Å². The molecule has 0 saturated heterocycles. The standard InChI is InChI=1S/C18H18N2O4S/c1-23-12-4-5-14-15(8-12)25-18(19-14)20-16(21)9-24-17(22)13-7-10-2-3-11(13)6-10/h2-5,8,10-11,13H,6-7,9H2,1H3,(H,19,20,21). The fourth-order valence-electron chi connectivity index (χ4n) is 3.54. The number of aromatic nitrogens is 1. The van der Waals surface area contributed by atoms with Crippen LogP contribution < -0.4 is 10.1 Å². The summed E-state index contributed by atoms with van der Waals surface area (Å²) in [7, 11) is 1.60. The van der Waals surface area contributed by atoms with Gasteiger partial charge in [-0.15, -0.1) is 0 Å². The Balaban J connectivity index is 1.33. The second-order valence-electron chi connectivity index (χ2n) is 6.40. The molecule has 1 heterocycles. The van der Waals surface area contributed by atoms with Crippen molar-refractivity contribution in [3.63, 3.8) is 0 Å². The van der Waals surface area contributed by atoms with Crippen molar-refractivity contribution in [3.8, 4) is 5.75 Å². The Labute approximate surface area is 148 Å². The number of carbonyl (C=O) groups excluding carboxylic acids is 2. The zero-order valence-electron chi connectivity index (χ0n) is 13.7. The van der Waals surface area contributed by atoms with Crippen molar-refractivity contribution in [1.29, 1.82) is 0 Å². The molecule has 1 amide bonds. The molecule has 0 radical (unpaired) electrons. The van der Waals surface area contributed by atoms with Crippen molar-refractivity contribution in [1.82, 2.24) is 4.98 Å². The number of ether oxygens (including phenoxy) is 2. The zero-order valence-corrected chi connectivity index (χ0v) is 14.5. The van der Waals surface area contributed by atoms with Crippen LogP contribution in [0, 0.1) is 17.8 Å². The van der Waals surface area contributed by atoms with Crippen molar-refractivity contribution in [2.24, 2.45) is 17.8 Å². The Morgan fingerprint density at radius 3 is 2.92 bits per heavy atom. The second kappa shape index (κ2) is 6.48. The Kier molecular flexibility index (Phi) is 4.17. The molecule has 3 unspecified atom stereocenters. The molecule has 0 spiro atoms. The van der Waals surface area contributed by atoms with E-state index in [1.165, 1.54) is 11.3 Å². The number of anilines is 1. The van der Waals surface area contributed by atoms with Crippen LogP contribution in [0.1, 0.15) is 12.8 Å². The number of amides is 1. The molecule has 0 aliphatic heterocycles. The van der Waals surface area contributed by atoms with Gasteiger partial charge in [0.15, 0.2) is 11.7 Å². The van der Waals surface area contributed by atoms with Crippen LogP contribution in [-0.2, 0) is 14.3 Å². The number of carbonyl (C=O) groups is 2. The summed E-state index contributed by atoms with van der Waals surface area (Å²) < 4.78 is 11.3. The number of allylic oxidation sites excluding steroid dienone is 2. The molecule has 7 heteroatoms. The molecule has 1 N–H and O–H groups in total. The maximum atomic E-state index is 12.1. The van der Waals surface area contributed by atoms with Crippen molar-refractivity contribution >= 4 is 38.6 Å². The molecule has 2 aliphatic rings. The number of benzene rings is 1. The van der Waals surface area contributed by atoms with Crippen LogP contribution in [0.15, 0.2) is 30.4 Å². The van der Waals surface area contributed by atoms with E-state index in [0.29, 0.717) is 11.0 Å². The molecule has 1 aromatic carbocycles. The summed E-state index contributed by atoms with van der Waals surface area (Å²) in [5, 5.41) is 3.16. The van der Waals surface area contributed by atoms with E-state index in [0.717, 1.165) is 28.8 Å². The van der Waals surface area contributed by atoms with Gasteiger partial charge in [0.1, 0.15) is 5.75 Å². The van der Waals surface area contributed by atoms with E-state index < -0.39 is 0 Å². The van der Waals surface area contributed by atoms with Gasteiger partial charge in [0.05, 0.1) is 23.2 Å². The summed E-state index contributed by atoms with van der Waals surface area (Å²) in [6, 6.07) is 5.52. The molecule has 4 rings (SSSR count). The normalized spacial score (nSPS) is 23.8. The second-order valence-corrected chi connectivity index (χ2v) is 7.43. The van der Waals surface area contributed by atoms with E-state index in [1.54, 1.807) is 7.11 Å². The number of methoxy groups -OCH3 is 1. The lowest BCUT2D eigenvalue weighted by Gasteiger charge is -2.16. The minimum absolute atomic E-state index is 0.0993. The fraction of sp³-hybridized carbons (Fsp3) is 0.389. The van der Waals surface area contributed by atoms with Crippen LogP contribution in [0.5, 0.6) is 5.75 Å². The lowest BCUT2D eigenvalue weighted by molar-refractivity contribution is -0.152. The number of fused-ring (bicyclic) bond motifs is 3. The molecular formula is C18H18N2O4S. The lowest BCUT2D eigenvalue weighted by Crippen LogP contribution is -2.26. The van der Waals surface area contributed by atoms with Crippen LogP contribution in [0.4, 0.5) is 5.13 Å². The third-order valence-corrected chi connectivity index (χ3v) is 5.70. The highest BCUT2D eigenvalue weighted by Gasteiger charge is 2.40. The summed E-state index contributed by atoms with van der Waals surface area (Å²) in [6.45, 7) is -0.282. The highest BCUT2D eigenvalue weighted by molar-refractivity contribution is 7.22. The number of esters is 1. The molecular weight excluding hydrogens is 340 g/mol. The van der Waals surface area contributed by atoms with Gasteiger partial charge in [-0.3, -0.25) is 14.9 Å². The zero-order chi connectivity index (χ0) is 17.4. The number of nitrogens with one attached hydrogen (secondary N) is 1. The monoisotopic (exact) mass is 358 g/mol. The maximum absolute atomic E-state index is 12.1. The van der Waals surface area contributed by atoms with E-state index in [1.807, 2.05) is 18.2 Å². The summed E-state index contributed by atoms with van der Waals surface area (Å²) in [6.07, 6.45) is 6.13. The van der Waals surface area contributed by atoms with Gasteiger partial charge < -0.3 is 9.47 Å². The SMILES string of the molecule is COc1ccc2nc(NC(=O)COC(=O)C3CC4C=CC3C4)sc2c1. The van der Waals surface area contributed by atoms with E-state index in [2.05, 4.69) is 22.5 Å². The number of hydrogen-bond acceptors (Lipinski definition) is 6. The minimum atomic E-state index is -0.377. The topological polar surface area (TPSA) is 77.5 Å². The van der Waals surface area contributed by atoms with Crippen LogP contribution in [-0.4, -0.2) is 30.6 Å². The van der Waals surface area contributed by atoms with Gasteiger partial charge in [-0.25, -0.2) is 4.98 Å². The molecule has 130 valence electrons. The largest absolute Gasteiger partial charge is 0.497 e. The molecule has 3 atom stereocenters. The quantitative estimate of drug-likeness (QED) is 0.657. The van der Waals surface area contributed by atoms with Gasteiger partial charge in [-0.05, 0) is 42.9 Å². The third kappa shape index (κ3) is 3.24. The van der Waals surface area contributed by atoms with Crippen LogP contribution in [0.2, 0.25) is 0 Å². The van der Waals surface area contributed by atoms with Gasteiger partial charge >= 0.3 is 5.97 Å². The predicted octanol–water partition coefficient (Wildman–Crippen LogP) is 3.00. The fourth-order valence-corrected chi connectivity index (χ4v) is 4.45.